The number of hydrogen-bond donors (Lipinski definition) is 3. The lowest BCUT2D eigenvalue weighted by atomic mass is 10.1. The Bertz CT molecular complexity index is 1070. The van der Waals surface area contributed by atoms with Crippen LogP contribution in [0, 0.1) is 0 Å². The number of anilines is 2. The Kier molecular flexibility index (Phi) is 7.29. The van der Waals surface area contributed by atoms with Crippen LogP contribution in [0.25, 0.3) is 11.4 Å². The van der Waals surface area contributed by atoms with E-state index in [2.05, 4.69) is 30.7 Å². The van der Waals surface area contributed by atoms with Gasteiger partial charge in [-0.1, -0.05) is 53.7 Å². The SMILES string of the molecule is C/C(=N\O)c1ccccc1NC(=O)c1cc(NCCN(C)C)nc(-c2ccccc2)n1. The van der Waals surface area contributed by atoms with Crippen molar-refractivity contribution in [3.63, 3.8) is 0 Å². The fraction of sp³-hybridized carbons (Fsp3) is 0.217. The molecule has 1 heterocycles. The van der Waals surface area contributed by atoms with Crippen molar-refractivity contribution in [2.45, 2.75) is 6.92 Å². The number of nitrogens with zero attached hydrogens (tertiary/aromatic N) is 4. The number of likely N-dealkylation sites (N-methyl/N-ethyl adjacent to an activating group) is 1. The Morgan fingerprint density at radius 3 is 2.48 bits per heavy atom. The number of carbonyl (C=O) groups is 1. The first-order valence-electron chi connectivity index (χ1n) is 9.90. The lowest BCUT2D eigenvalue weighted by Crippen LogP contribution is -2.22. The van der Waals surface area contributed by atoms with E-state index >= 15 is 0 Å². The largest absolute Gasteiger partial charge is 0.411 e. The van der Waals surface area contributed by atoms with Crippen LogP contribution >= 0.6 is 0 Å². The van der Waals surface area contributed by atoms with Gasteiger partial charge in [-0.25, -0.2) is 9.97 Å². The molecule has 1 amide bonds. The molecular formula is C23H26N6O2. The summed E-state index contributed by atoms with van der Waals surface area (Å²) in [7, 11) is 3.98. The zero-order valence-corrected chi connectivity index (χ0v) is 17.8. The van der Waals surface area contributed by atoms with Crippen molar-refractivity contribution in [2.75, 3.05) is 37.8 Å². The predicted octanol–water partition coefficient (Wildman–Crippen LogP) is 3.57. The molecule has 1 aromatic heterocycles. The second-order valence-corrected chi connectivity index (χ2v) is 7.24. The molecule has 2 aromatic carbocycles. The molecule has 0 spiro atoms. The normalized spacial score (nSPS) is 11.4. The van der Waals surface area contributed by atoms with Crippen molar-refractivity contribution in [1.29, 1.82) is 0 Å². The van der Waals surface area contributed by atoms with Gasteiger partial charge in [-0.15, -0.1) is 0 Å². The average Bonchev–Trinajstić information content (AvgIpc) is 2.79. The van der Waals surface area contributed by atoms with Gasteiger partial charge in [0, 0.05) is 30.3 Å². The van der Waals surface area contributed by atoms with E-state index in [0.717, 1.165) is 12.1 Å². The lowest BCUT2D eigenvalue weighted by Gasteiger charge is -2.14. The summed E-state index contributed by atoms with van der Waals surface area (Å²) in [6.07, 6.45) is 0. The smallest absolute Gasteiger partial charge is 0.274 e. The Morgan fingerprint density at radius 2 is 1.77 bits per heavy atom. The van der Waals surface area contributed by atoms with Gasteiger partial charge in [0.15, 0.2) is 5.82 Å². The highest BCUT2D eigenvalue weighted by atomic mass is 16.4. The van der Waals surface area contributed by atoms with Crippen LogP contribution in [-0.2, 0) is 0 Å². The van der Waals surface area contributed by atoms with Crippen molar-refractivity contribution in [1.82, 2.24) is 14.9 Å². The number of aromatic nitrogens is 2. The second kappa shape index (κ2) is 10.3. The molecule has 3 rings (SSSR count). The summed E-state index contributed by atoms with van der Waals surface area (Å²) >= 11 is 0. The molecule has 0 unspecified atom stereocenters. The molecule has 0 atom stereocenters. The Hall–Kier alpha value is -3.78. The van der Waals surface area contributed by atoms with Crippen LogP contribution in [0.2, 0.25) is 0 Å². The number of benzene rings is 2. The Labute approximate surface area is 181 Å². The van der Waals surface area contributed by atoms with E-state index in [1.807, 2.05) is 50.5 Å². The van der Waals surface area contributed by atoms with Crippen LogP contribution in [-0.4, -0.2) is 58.9 Å². The molecule has 31 heavy (non-hydrogen) atoms. The summed E-state index contributed by atoms with van der Waals surface area (Å²) in [4.78, 5) is 24.2. The minimum absolute atomic E-state index is 0.231. The quantitative estimate of drug-likeness (QED) is 0.294. The van der Waals surface area contributed by atoms with Crippen LogP contribution in [0.1, 0.15) is 23.0 Å². The van der Waals surface area contributed by atoms with Crippen LogP contribution in [0.4, 0.5) is 11.5 Å². The van der Waals surface area contributed by atoms with Gasteiger partial charge in [-0.05, 0) is 27.1 Å². The van der Waals surface area contributed by atoms with E-state index < -0.39 is 0 Å². The summed E-state index contributed by atoms with van der Waals surface area (Å²) in [5.74, 6) is 0.651. The van der Waals surface area contributed by atoms with Crippen molar-refractivity contribution in [3.05, 3.63) is 71.9 Å². The third-order valence-electron chi connectivity index (χ3n) is 4.57. The Balaban J connectivity index is 1.93. The predicted molar refractivity (Wildman–Crippen MR) is 123 cm³/mol. The number of oxime groups is 1. The maximum Gasteiger partial charge on any atom is 0.274 e. The monoisotopic (exact) mass is 418 g/mol. The summed E-state index contributed by atoms with van der Waals surface area (Å²) < 4.78 is 0. The second-order valence-electron chi connectivity index (χ2n) is 7.24. The Morgan fingerprint density at radius 1 is 1.06 bits per heavy atom. The highest BCUT2D eigenvalue weighted by molar-refractivity contribution is 6.09. The van der Waals surface area contributed by atoms with E-state index in [9.17, 15) is 4.79 Å². The molecular weight excluding hydrogens is 392 g/mol. The van der Waals surface area contributed by atoms with Gasteiger partial charge < -0.3 is 20.7 Å². The van der Waals surface area contributed by atoms with Crippen molar-refractivity contribution in [3.8, 4) is 11.4 Å². The van der Waals surface area contributed by atoms with E-state index in [0.29, 0.717) is 35.1 Å². The van der Waals surface area contributed by atoms with E-state index in [1.165, 1.54) is 0 Å². The van der Waals surface area contributed by atoms with Crippen LogP contribution in [0.3, 0.4) is 0 Å². The van der Waals surface area contributed by atoms with Gasteiger partial charge in [0.1, 0.15) is 11.5 Å². The van der Waals surface area contributed by atoms with Crippen LogP contribution in [0.5, 0.6) is 0 Å². The highest BCUT2D eigenvalue weighted by Gasteiger charge is 2.15. The molecule has 0 bridgehead atoms. The fourth-order valence-electron chi connectivity index (χ4n) is 2.93. The first kappa shape index (κ1) is 21.9. The average molecular weight is 419 g/mol. The summed E-state index contributed by atoms with van der Waals surface area (Å²) in [6, 6.07) is 18.3. The van der Waals surface area contributed by atoms with E-state index in [-0.39, 0.29) is 11.6 Å². The standard InChI is InChI=1S/C23H26N6O2/c1-16(28-31)18-11-7-8-12-19(18)26-23(30)20-15-21(24-13-14-29(2)3)27-22(25-20)17-9-5-4-6-10-17/h4-12,15,31H,13-14H2,1-3H3,(H,26,30)(H,24,25,27)/b28-16+. The van der Waals surface area contributed by atoms with E-state index in [4.69, 9.17) is 5.21 Å². The summed E-state index contributed by atoms with van der Waals surface area (Å²) in [6.45, 7) is 3.16. The van der Waals surface area contributed by atoms with Crippen molar-refractivity contribution in [2.24, 2.45) is 5.16 Å². The van der Waals surface area contributed by atoms with Gasteiger partial charge in [0.05, 0.1) is 11.4 Å². The number of para-hydroxylation sites is 1. The van der Waals surface area contributed by atoms with Crippen LogP contribution in [0.15, 0.2) is 65.8 Å². The molecule has 0 aliphatic carbocycles. The van der Waals surface area contributed by atoms with Gasteiger partial charge in [-0.2, -0.15) is 0 Å². The lowest BCUT2D eigenvalue weighted by molar-refractivity contribution is 0.102. The van der Waals surface area contributed by atoms with E-state index in [1.54, 1.807) is 31.2 Å². The molecule has 0 radical (unpaired) electrons. The molecule has 0 fully saturated rings. The number of nitrogens with one attached hydrogen (secondary N) is 2. The first-order valence-corrected chi connectivity index (χ1v) is 9.90. The molecule has 3 N–H and O–H groups in total. The molecule has 0 saturated carbocycles. The summed E-state index contributed by atoms with van der Waals surface area (Å²) in [5.41, 5.74) is 2.60. The topological polar surface area (TPSA) is 103 Å². The zero-order valence-electron chi connectivity index (χ0n) is 17.8. The van der Waals surface area contributed by atoms with Gasteiger partial charge in [-0.3, -0.25) is 4.79 Å². The zero-order chi connectivity index (χ0) is 22.2. The van der Waals surface area contributed by atoms with Crippen LogP contribution < -0.4 is 10.6 Å². The molecule has 160 valence electrons. The van der Waals surface area contributed by atoms with Gasteiger partial charge in [0.25, 0.3) is 5.91 Å². The maximum absolute atomic E-state index is 13.1. The van der Waals surface area contributed by atoms with Crippen molar-refractivity contribution >= 4 is 23.1 Å². The molecule has 0 aliphatic heterocycles. The fourth-order valence-corrected chi connectivity index (χ4v) is 2.93. The molecule has 8 nitrogen and oxygen atoms in total. The number of rotatable bonds is 8. The molecule has 0 saturated heterocycles. The summed E-state index contributed by atoms with van der Waals surface area (Å²) in [5, 5.41) is 18.5. The third-order valence-corrected chi connectivity index (χ3v) is 4.57. The first-order chi connectivity index (χ1) is 15.0. The van der Waals surface area contributed by atoms with Gasteiger partial charge >= 0.3 is 0 Å². The van der Waals surface area contributed by atoms with Gasteiger partial charge in [0.2, 0.25) is 0 Å². The minimum atomic E-state index is -0.381. The molecule has 0 aliphatic rings. The third kappa shape index (κ3) is 5.86. The molecule has 8 heteroatoms. The van der Waals surface area contributed by atoms with Crippen molar-refractivity contribution < 1.29 is 10.0 Å². The molecule has 3 aromatic rings. The minimum Gasteiger partial charge on any atom is -0.411 e. The number of carbonyl (C=O) groups excluding carboxylic acids is 1. The number of amides is 1. The maximum atomic E-state index is 13.1. The highest BCUT2D eigenvalue weighted by Crippen LogP contribution is 2.20. The number of hydrogen-bond acceptors (Lipinski definition) is 7.